The summed E-state index contributed by atoms with van der Waals surface area (Å²) in [6, 6.07) is 0. The van der Waals surface area contributed by atoms with Crippen LogP contribution < -0.4 is 11.1 Å². The summed E-state index contributed by atoms with van der Waals surface area (Å²) in [5.74, 6) is 0.673. The Morgan fingerprint density at radius 1 is 1.33 bits per heavy atom. The third-order valence-electron chi connectivity index (χ3n) is 5.27. The van der Waals surface area contributed by atoms with Crippen molar-refractivity contribution in [3.8, 4) is 0 Å². The summed E-state index contributed by atoms with van der Waals surface area (Å²) in [5.41, 5.74) is 6.09. The van der Waals surface area contributed by atoms with Crippen LogP contribution >= 0.6 is 0 Å². The summed E-state index contributed by atoms with van der Waals surface area (Å²) in [6.45, 7) is 5.26. The standard InChI is InChI=1S/C15H28N2O/c1-3-14(7-5-8-14)11-17-13(18)15(16)9-4-6-12(2)10-15/h12H,3-11,16H2,1-2H3,(H,17,18). The molecule has 2 fully saturated rings. The van der Waals surface area contributed by atoms with E-state index < -0.39 is 5.54 Å². The minimum absolute atomic E-state index is 0.0915. The van der Waals surface area contributed by atoms with Gasteiger partial charge in [0.2, 0.25) is 5.91 Å². The van der Waals surface area contributed by atoms with Gasteiger partial charge in [0.25, 0.3) is 0 Å². The largest absolute Gasteiger partial charge is 0.354 e. The van der Waals surface area contributed by atoms with Crippen molar-refractivity contribution in [3.05, 3.63) is 0 Å². The smallest absolute Gasteiger partial charge is 0.240 e. The molecule has 2 unspecified atom stereocenters. The second-order valence-corrected chi connectivity index (χ2v) is 6.75. The number of carbonyl (C=O) groups is 1. The van der Waals surface area contributed by atoms with Crippen LogP contribution in [0.3, 0.4) is 0 Å². The van der Waals surface area contributed by atoms with Gasteiger partial charge in [-0.1, -0.05) is 33.1 Å². The van der Waals surface area contributed by atoms with Gasteiger partial charge >= 0.3 is 0 Å². The van der Waals surface area contributed by atoms with E-state index in [2.05, 4.69) is 19.2 Å². The first-order valence-corrected chi connectivity index (χ1v) is 7.57. The van der Waals surface area contributed by atoms with Crippen LogP contribution in [0.5, 0.6) is 0 Å². The number of carbonyl (C=O) groups excluding carboxylic acids is 1. The zero-order valence-electron chi connectivity index (χ0n) is 11.9. The Kier molecular flexibility index (Phi) is 4.00. The van der Waals surface area contributed by atoms with Gasteiger partial charge in [-0.25, -0.2) is 0 Å². The summed E-state index contributed by atoms with van der Waals surface area (Å²) >= 11 is 0. The first kappa shape index (κ1) is 13.9. The minimum atomic E-state index is -0.601. The molecule has 3 N–H and O–H groups in total. The predicted molar refractivity (Wildman–Crippen MR) is 74.1 cm³/mol. The van der Waals surface area contributed by atoms with Gasteiger partial charge in [-0.3, -0.25) is 4.79 Å². The molecule has 2 rings (SSSR count). The average Bonchev–Trinajstić information content (AvgIpc) is 2.27. The SMILES string of the molecule is CCC1(CNC(=O)C2(N)CCCC(C)C2)CCC1. The Labute approximate surface area is 111 Å². The molecule has 1 amide bonds. The first-order valence-electron chi connectivity index (χ1n) is 7.57. The summed E-state index contributed by atoms with van der Waals surface area (Å²) in [5, 5.41) is 3.14. The zero-order chi connectivity index (χ0) is 13.2. The van der Waals surface area contributed by atoms with Gasteiger partial charge in [0.1, 0.15) is 0 Å². The van der Waals surface area contributed by atoms with Crippen LogP contribution in [0.15, 0.2) is 0 Å². The molecule has 3 heteroatoms. The zero-order valence-corrected chi connectivity index (χ0v) is 11.9. The molecular weight excluding hydrogens is 224 g/mol. The number of hydrogen-bond donors (Lipinski definition) is 2. The van der Waals surface area contributed by atoms with E-state index in [-0.39, 0.29) is 5.91 Å². The molecule has 0 aromatic carbocycles. The Morgan fingerprint density at radius 3 is 2.56 bits per heavy atom. The van der Waals surface area contributed by atoms with E-state index in [1.54, 1.807) is 0 Å². The Bertz CT molecular complexity index is 306. The molecule has 0 radical (unpaired) electrons. The van der Waals surface area contributed by atoms with Crippen LogP contribution in [0.4, 0.5) is 0 Å². The van der Waals surface area contributed by atoms with Gasteiger partial charge in [-0.05, 0) is 43.4 Å². The van der Waals surface area contributed by atoms with Crippen molar-refractivity contribution < 1.29 is 4.79 Å². The van der Waals surface area contributed by atoms with Crippen LogP contribution in [0.25, 0.3) is 0 Å². The van der Waals surface area contributed by atoms with E-state index in [0.29, 0.717) is 11.3 Å². The molecule has 0 aliphatic heterocycles. The predicted octanol–water partition coefficient (Wildman–Crippen LogP) is 2.59. The Hall–Kier alpha value is -0.570. The molecule has 0 spiro atoms. The van der Waals surface area contributed by atoms with Gasteiger partial charge < -0.3 is 11.1 Å². The lowest BCUT2D eigenvalue weighted by Gasteiger charge is -2.43. The van der Waals surface area contributed by atoms with Gasteiger partial charge in [0.15, 0.2) is 0 Å². The highest BCUT2D eigenvalue weighted by molar-refractivity contribution is 5.86. The highest BCUT2D eigenvalue weighted by Gasteiger charge is 2.40. The molecular formula is C15H28N2O. The minimum Gasteiger partial charge on any atom is -0.354 e. The molecule has 104 valence electrons. The summed E-state index contributed by atoms with van der Waals surface area (Å²) < 4.78 is 0. The van der Waals surface area contributed by atoms with E-state index >= 15 is 0 Å². The maximum Gasteiger partial charge on any atom is 0.240 e. The molecule has 0 bridgehead atoms. The van der Waals surface area contributed by atoms with Crippen molar-refractivity contribution in [1.82, 2.24) is 5.32 Å². The van der Waals surface area contributed by atoms with Crippen LogP contribution in [0, 0.1) is 11.3 Å². The van der Waals surface area contributed by atoms with E-state index in [1.165, 1.54) is 32.1 Å². The molecule has 0 aromatic rings. The number of nitrogens with two attached hydrogens (primary N) is 1. The lowest BCUT2D eigenvalue weighted by atomic mass is 9.67. The second kappa shape index (κ2) is 5.20. The maximum atomic E-state index is 12.3. The Morgan fingerprint density at radius 2 is 2.06 bits per heavy atom. The summed E-state index contributed by atoms with van der Waals surface area (Å²) in [7, 11) is 0. The lowest BCUT2D eigenvalue weighted by Crippen LogP contribution is -2.58. The van der Waals surface area contributed by atoms with Crippen LogP contribution in [-0.4, -0.2) is 18.0 Å². The molecule has 2 aliphatic carbocycles. The number of hydrogen-bond acceptors (Lipinski definition) is 2. The van der Waals surface area contributed by atoms with Crippen molar-refractivity contribution >= 4 is 5.91 Å². The van der Waals surface area contributed by atoms with Crippen molar-refractivity contribution in [2.45, 2.75) is 70.8 Å². The van der Waals surface area contributed by atoms with Gasteiger partial charge in [-0.2, -0.15) is 0 Å². The quantitative estimate of drug-likeness (QED) is 0.808. The Balaban J connectivity index is 1.87. The molecule has 0 heterocycles. The third kappa shape index (κ3) is 2.71. The van der Waals surface area contributed by atoms with Gasteiger partial charge in [0.05, 0.1) is 5.54 Å². The van der Waals surface area contributed by atoms with Crippen molar-refractivity contribution in [3.63, 3.8) is 0 Å². The lowest BCUT2D eigenvalue weighted by molar-refractivity contribution is -0.129. The first-order chi connectivity index (χ1) is 8.50. The summed E-state index contributed by atoms with van der Waals surface area (Å²) in [4.78, 5) is 12.3. The van der Waals surface area contributed by atoms with Gasteiger partial charge in [-0.15, -0.1) is 0 Å². The number of nitrogens with one attached hydrogen (secondary N) is 1. The number of amides is 1. The van der Waals surface area contributed by atoms with Crippen LogP contribution in [0.1, 0.15) is 65.2 Å². The average molecular weight is 252 g/mol. The second-order valence-electron chi connectivity index (χ2n) is 6.75. The molecule has 2 saturated carbocycles. The fraction of sp³-hybridized carbons (Fsp3) is 0.933. The molecule has 3 nitrogen and oxygen atoms in total. The van der Waals surface area contributed by atoms with E-state index in [1.807, 2.05) is 0 Å². The molecule has 0 aromatic heterocycles. The molecule has 2 aliphatic rings. The van der Waals surface area contributed by atoms with Crippen LogP contribution in [0.2, 0.25) is 0 Å². The van der Waals surface area contributed by atoms with E-state index in [0.717, 1.165) is 25.8 Å². The maximum absolute atomic E-state index is 12.3. The van der Waals surface area contributed by atoms with Crippen molar-refractivity contribution in [1.29, 1.82) is 0 Å². The summed E-state index contributed by atoms with van der Waals surface area (Å²) in [6.07, 6.45) is 9.00. The van der Waals surface area contributed by atoms with Crippen molar-refractivity contribution in [2.24, 2.45) is 17.1 Å². The fourth-order valence-electron chi connectivity index (χ4n) is 3.57. The van der Waals surface area contributed by atoms with Gasteiger partial charge in [0, 0.05) is 6.54 Å². The molecule has 0 saturated heterocycles. The van der Waals surface area contributed by atoms with E-state index in [4.69, 9.17) is 5.73 Å². The third-order valence-corrected chi connectivity index (χ3v) is 5.27. The highest BCUT2D eigenvalue weighted by atomic mass is 16.2. The number of rotatable bonds is 4. The molecule has 18 heavy (non-hydrogen) atoms. The normalized spacial score (nSPS) is 34.7. The van der Waals surface area contributed by atoms with E-state index in [9.17, 15) is 4.79 Å². The topological polar surface area (TPSA) is 55.1 Å². The fourth-order valence-corrected chi connectivity index (χ4v) is 3.57. The van der Waals surface area contributed by atoms with Crippen molar-refractivity contribution in [2.75, 3.05) is 6.54 Å². The monoisotopic (exact) mass is 252 g/mol. The molecule has 2 atom stereocenters. The highest BCUT2D eigenvalue weighted by Crippen LogP contribution is 2.43. The van der Waals surface area contributed by atoms with Crippen LogP contribution in [-0.2, 0) is 4.79 Å².